The molecule has 0 N–H and O–H groups in total. The van der Waals surface area contributed by atoms with Gasteiger partial charge in [0.15, 0.2) is 0 Å². The zero-order chi connectivity index (χ0) is 24.2. The molecule has 0 aliphatic carbocycles. The predicted molar refractivity (Wildman–Crippen MR) is 144 cm³/mol. The van der Waals surface area contributed by atoms with Crippen molar-refractivity contribution in [2.75, 3.05) is 39.3 Å². The first-order valence-corrected chi connectivity index (χ1v) is 13.6. The molecule has 0 saturated carbocycles. The number of nitrogens with zero attached hydrogens (tertiary/aromatic N) is 4. The van der Waals surface area contributed by atoms with Crippen LogP contribution in [0.3, 0.4) is 0 Å². The van der Waals surface area contributed by atoms with E-state index in [0.717, 1.165) is 70.1 Å². The van der Waals surface area contributed by atoms with E-state index >= 15 is 0 Å². The molecule has 1 aromatic heterocycles. The summed E-state index contributed by atoms with van der Waals surface area (Å²) in [5.41, 5.74) is 3.79. The Labute approximate surface area is 214 Å². The summed E-state index contributed by atoms with van der Waals surface area (Å²) in [5, 5.41) is 2.02. The fraction of sp³-hybridized carbons (Fsp3) is 0.483. The molecule has 3 heterocycles. The van der Waals surface area contributed by atoms with Crippen molar-refractivity contribution in [1.29, 1.82) is 0 Å². The van der Waals surface area contributed by atoms with Gasteiger partial charge in [-0.25, -0.2) is 4.79 Å². The zero-order valence-corrected chi connectivity index (χ0v) is 21.6. The van der Waals surface area contributed by atoms with E-state index in [0.29, 0.717) is 0 Å². The molecule has 3 aromatic rings. The number of rotatable bonds is 6. The summed E-state index contributed by atoms with van der Waals surface area (Å²) in [6.07, 6.45) is 5.43. The van der Waals surface area contributed by atoms with Crippen LogP contribution in [0.15, 0.2) is 54.6 Å². The van der Waals surface area contributed by atoms with E-state index in [1.54, 1.807) is 0 Å². The lowest BCUT2D eigenvalue weighted by Crippen LogP contribution is -2.56. The third-order valence-corrected chi connectivity index (χ3v) is 7.90. The number of benzene rings is 2. The lowest BCUT2D eigenvalue weighted by atomic mass is 9.98. The van der Waals surface area contributed by atoms with E-state index < -0.39 is 0 Å². The van der Waals surface area contributed by atoms with E-state index in [9.17, 15) is 4.79 Å². The number of amides is 2. The van der Waals surface area contributed by atoms with Crippen molar-refractivity contribution in [1.82, 2.24) is 19.3 Å². The summed E-state index contributed by atoms with van der Waals surface area (Å²) in [6.45, 7) is 8.71. The molecular formula is C29H37ClN4O. The maximum atomic E-state index is 13.6. The van der Waals surface area contributed by atoms with E-state index in [4.69, 9.17) is 11.6 Å². The van der Waals surface area contributed by atoms with Crippen LogP contribution in [-0.4, -0.2) is 70.6 Å². The Morgan fingerprint density at radius 2 is 1.74 bits per heavy atom. The number of piperidine rings is 1. The smallest absolute Gasteiger partial charge is 0.320 e. The second-order valence-corrected chi connectivity index (χ2v) is 10.5. The van der Waals surface area contributed by atoms with Gasteiger partial charge in [0.25, 0.3) is 0 Å². The van der Waals surface area contributed by atoms with Crippen LogP contribution in [0.25, 0.3) is 10.9 Å². The minimum Gasteiger partial charge on any atom is -0.340 e. The highest BCUT2D eigenvalue weighted by molar-refractivity contribution is 6.30. The minimum atomic E-state index is 0.242. The van der Waals surface area contributed by atoms with Crippen molar-refractivity contribution >= 4 is 28.5 Å². The molecule has 186 valence electrons. The summed E-state index contributed by atoms with van der Waals surface area (Å²) in [5.74, 6) is 0. The van der Waals surface area contributed by atoms with Crippen LogP contribution in [0.1, 0.15) is 43.9 Å². The Balaban J connectivity index is 1.36. The standard InChI is InChI=1S/C29H37ClN4O/c1-2-14-31-16-18-32(19-17-31)29(35)33-15-6-5-8-26(33)21-27-20-24-7-3-4-9-28(24)34(27)22-23-10-12-25(30)13-11-23/h3-4,7,9-13,20,26H,2,5-6,8,14-19,21-22H2,1H3. The SMILES string of the molecule is CCCN1CCN(C(=O)N2CCCCC2Cc2cc3ccccc3n2Cc2ccc(Cl)cc2)CC1. The zero-order valence-electron chi connectivity index (χ0n) is 20.8. The number of hydrogen-bond acceptors (Lipinski definition) is 2. The largest absolute Gasteiger partial charge is 0.340 e. The van der Waals surface area contributed by atoms with Crippen LogP contribution >= 0.6 is 11.6 Å². The number of likely N-dealkylation sites (tertiary alicyclic amines) is 1. The second kappa shape index (κ2) is 11.0. The fourth-order valence-corrected chi connectivity index (χ4v) is 5.89. The number of carbonyl (C=O) groups is 1. The number of halogens is 1. The first-order chi connectivity index (χ1) is 17.1. The van der Waals surface area contributed by atoms with Gasteiger partial charge in [-0.1, -0.05) is 48.9 Å². The maximum absolute atomic E-state index is 13.6. The van der Waals surface area contributed by atoms with Crippen molar-refractivity contribution < 1.29 is 4.79 Å². The van der Waals surface area contributed by atoms with Crippen molar-refractivity contribution in [3.05, 3.63) is 70.9 Å². The third kappa shape index (κ3) is 5.52. The highest BCUT2D eigenvalue weighted by Gasteiger charge is 2.32. The van der Waals surface area contributed by atoms with Crippen LogP contribution in [0.2, 0.25) is 5.02 Å². The summed E-state index contributed by atoms with van der Waals surface area (Å²) < 4.78 is 2.43. The van der Waals surface area contributed by atoms with Gasteiger partial charge in [0.2, 0.25) is 0 Å². The normalized spacial score (nSPS) is 19.4. The first-order valence-electron chi connectivity index (χ1n) is 13.2. The van der Waals surface area contributed by atoms with Crippen LogP contribution in [0, 0.1) is 0 Å². The number of piperazine rings is 1. The molecule has 0 spiro atoms. The molecule has 0 radical (unpaired) electrons. The van der Waals surface area contributed by atoms with Crippen molar-refractivity contribution in [2.24, 2.45) is 0 Å². The van der Waals surface area contributed by atoms with Gasteiger partial charge in [-0.15, -0.1) is 0 Å². The molecule has 2 aliphatic rings. The lowest BCUT2D eigenvalue weighted by molar-refractivity contribution is 0.0888. The van der Waals surface area contributed by atoms with Crippen molar-refractivity contribution in [2.45, 2.75) is 51.6 Å². The van der Waals surface area contributed by atoms with Crippen LogP contribution < -0.4 is 0 Å². The monoisotopic (exact) mass is 492 g/mol. The molecule has 2 amide bonds. The van der Waals surface area contributed by atoms with E-state index in [2.05, 4.69) is 68.7 Å². The first kappa shape index (κ1) is 24.2. The van der Waals surface area contributed by atoms with Crippen molar-refractivity contribution in [3.8, 4) is 0 Å². The van der Waals surface area contributed by atoms with E-state index in [1.165, 1.54) is 35.0 Å². The number of urea groups is 1. The Morgan fingerprint density at radius 3 is 2.51 bits per heavy atom. The molecule has 1 unspecified atom stereocenters. The Bertz CT molecular complexity index is 1130. The van der Waals surface area contributed by atoms with Gasteiger partial charge in [0.05, 0.1) is 0 Å². The molecule has 2 fully saturated rings. The molecule has 1 atom stereocenters. The summed E-state index contributed by atoms with van der Waals surface area (Å²) in [4.78, 5) is 20.4. The Morgan fingerprint density at radius 1 is 0.971 bits per heavy atom. The molecule has 0 bridgehead atoms. The number of aromatic nitrogens is 1. The van der Waals surface area contributed by atoms with Gasteiger partial charge >= 0.3 is 6.03 Å². The van der Waals surface area contributed by atoms with Crippen LogP contribution in [0.4, 0.5) is 4.79 Å². The molecule has 2 aromatic carbocycles. The summed E-state index contributed by atoms with van der Waals surface area (Å²) in [6, 6.07) is 19.6. The van der Waals surface area contributed by atoms with E-state index in [-0.39, 0.29) is 12.1 Å². The van der Waals surface area contributed by atoms with Gasteiger partial charge in [-0.3, -0.25) is 4.90 Å². The molecule has 2 saturated heterocycles. The average molecular weight is 493 g/mol. The molecule has 5 nitrogen and oxygen atoms in total. The minimum absolute atomic E-state index is 0.242. The highest BCUT2D eigenvalue weighted by Crippen LogP contribution is 2.27. The van der Waals surface area contributed by atoms with Crippen LogP contribution in [0.5, 0.6) is 0 Å². The molecule has 5 rings (SSSR count). The highest BCUT2D eigenvalue weighted by atomic mass is 35.5. The third-order valence-electron chi connectivity index (χ3n) is 7.65. The number of fused-ring (bicyclic) bond motifs is 1. The molecule has 2 aliphatic heterocycles. The Hall–Kier alpha value is -2.50. The Kier molecular flexibility index (Phi) is 7.64. The quantitative estimate of drug-likeness (QED) is 0.430. The van der Waals surface area contributed by atoms with Gasteiger partial charge in [-0.05, 0) is 67.4 Å². The van der Waals surface area contributed by atoms with Gasteiger partial charge in [0.1, 0.15) is 0 Å². The number of carbonyl (C=O) groups excluding carboxylic acids is 1. The predicted octanol–water partition coefficient (Wildman–Crippen LogP) is 5.89. The van der Waals surface area contributed by atoms with Gasteiger partial charge in [-0.2, -0.15) is 0 Å². The molecule has 6 heteroatoms. The fourth-order valence-electron chi connectivity index (χ4n) is 5.76. The number of hydrogen-bond donors (Lipinski definition) is 0. The van der Waals surface area contributed by atoms with Gasteiger partial charge < -0.3 is 14.4 Å². The maximum Gasteiger partial charge on any atom is 0.320 e. The van der Waals surface area contributed by atoms with Gasteiger partial charge in [0, 0.05) is 68.0 Å². The topological polar surface area (TPSA) is 31.7 Å². The average Bonchev–Trinajstić information content (AvgIpc) is 3.23. The summed E-state index contributed by atoms with van der Waals surface area (Å²) in [7, 11) is 0. The molecular weight excluding hydrogens is 456 g/mol. The number of para-hydroxylation sites is 1. The lowest BCUT2D eigenvalue weighted by Gasteiger charge is -2.42. The second-order valence-electron chi connectivity index (χ2n) is 10.1. The van der Waals surface area contributed by atoms with Crippen LogP contribution in [-0.2, 0) is 13.0 Å². The van der Waals surface area contributed by atoms with Crippen molar-refractivity contribution in [3.63, 3.8) is 0 Å². The summed E-state index contributed by atoms with van der Waals surface area (Å²) >= 11 is 6.13. The molecule has 35 heavy (non-hydrogen) atoms. The van der Waals surface area contributed by atoms with E-state index in [1.807, 2.05) is 12.1 Å².